The summed E-state index contributed by atoms with van der Waals surface area (Å²) in [7, 11) is 0. The van der Waals surface area contributed by atoms with Crippen LogP contribution in [0.2, 0.25) is 0 Å². The van der Waals surface area contributed by atoms with E-state index < -0.39 is 12.3 Å². The van der Waals surface area contributed by atoms with Crippen LogP contribution in [0.25, 0.3) is 0 Å². The summed E-state index contributed by atoms with van der Waals surface area (Å²) in [6.45, 7) is 10.2. The Balaban J connectivity index is 3.33. The van der Waals surface area contributed by atoms with E-state index in [-0.39, 0.29) is 37.4 Å². The van der Waals surface area contributed by atoms with E-state index in [1.54, 1.807) is 13.8 Å². The number of Topliss-reactive ketones (excluding diaryl/α,β-unsaturated/α-hetero) is 1. The molecule has 2 atom stereocenters. The normalized spacial score (nSPS) is 13.4. The Hall–Kier alpha value is -1.13. The molecule has 0 aliphatic carbocycles. The number of hydrogen-bond acceptors (Lipinski definition) is 7. The second-order valence-electron chi connectivity index (χ2n) is 6.76. The van der Waals surface area contributed by atoms with Gasteiger partial charge in [-0.1, -0.05) is 20.8 Å². The first-order valence-corrected chi connectivity index (χ1v) is 10.2. The van der Waals surface area contributed by atoms with Crippen molar-refractivity contribution in [3.05, 3.63) is 0 Å². The van der Waals surface area contributed by atoms with E-state index in [1.807, 2.05) is 13.8 Å². The fourth-order valence-corrected chi connectivity index (χ4v) is 1.90. The Labute approximate surface area is 173 Å². The topological polar surface area (TPSA) is 92.3 Å². The van der Waals surface area contributed by atoms with E-state index in [0.29, 0.717) is 52.7 Å². The Kier molecular flexibility index (Phi) is 18.1. The predicted molar refractivity (Wildman–Crippen MR) is 107 cm³/mol. The number of ether oxygens (including phenoxy) is 5. The lowest BCUT2D eigenvalue weighted by molar-refractivity contribution is -0.127. The number of nitrogens with one attached hydrogen (secondary N) is 1. The first-order valence-electron chi connectivity index (χ1n) is 10.2. The first kappa shape index (κ1) is 27.9. The number of carbonyl (C=O) groups is 2. The molecule has 0 bridgehead atoms. The molecule has 0 saturated heterocycles. The van der Waals surface area contributed by atoms with Crippen LogP contribution in [0.4, 0.5) is 4.39 Å². The number of rotatable bonds is 20. The van der Waals surface area contributed by atoms with Gasteiger partial charge in [0, 0.05) is 12.3 Å². The first-order chi connectivity index (χ1) is 13.9. The van der Waals surface area contributed by atoms with Crippen molar-refractivity contribution in [1.82, 2.24) is 5.32 Å². The third-order valence-corrected chi connectivity index (χ3v) is 3.94. The van der Waals surface area contributed by atoms with Gasteiger partial charge in [-0.3, -0.25) is 9.59 Å². The number of amides is 1. The summed E-state index contributed by atoms with van der Waals surface area (Å²) in [5.41, 5.74) is 0. The molecule has 0 aliphatic rings. The molecular weight excluding hydrogens is 385 g/mol. The van der Waals surface area contributed by atoms with E-state index in [2.05, 4.69) is 5.32 Å². The molecule has 29 heavy (non-hydrogen) atoms. The van der Waals surface area contributed by atoms with Crippen molar-refractivity contribution in [2.45, 2.75) is 46.4 Å². The van der Waals surface area contributed by atoms with Crippen molar-refractivity contribution in [3.63, 3.8) is 0 Å². The minimum absolute atomic E-state index is 0.0121. The van der Waals surface area contributed by atoms with Crippen LogP contribution in [-0.2, 0) is 33.3 Å². The summed E-state index contributed by atoms with van der Waals surface area (Å²) in [6.07, 6.45) is -1.54. The number of ketones is 1. The lowest BCUT2D eigenvalue weighted by Crippen LogP contribution is -2.36. The predicted octanol–water partition coefficient (Wildman–Crippen LogP) is 1.55. The molecule has 0 spiro atoms. The van der Waals surface area contributed by atoms with Gasteiger partial charge in [-0.15, -0.1) is 0 Å². The van der Waals surface area contributed by atoms with Crippen molar-refractivity contribution in [2.75, 3.05) is 66.0 Å². The highest BCUT2D eigenvalue weighted by molar-refractivity contribution is 5.81. The molecule has 0 aromatic heterocycles. The number of hydrogen-bond donors (Lipinski definition) is 1. The van der Waals surface area contributed by atoms with E-state index in [0.717, 1.165) is 0 Å². The van der Waals surface area contributed by atoms with Crippen LogP contribution in [-0.4, -0.2) is 90.0 Å². The van der Waals surface area contributed by atoms with Gasteiger partial charge in [-0.05, 0) is 6.92 Å². The summed E-state index contributed by atoms with van der Waals surface area (Å²) < 4.78 is 40.4. The molecule has 9 heteroatoms. The van der Waals surface area contributed by atoms with Gasteiger partial charge in [-0.2, -0.15) is 0 Å². The molecule has 172 valence electrons. The van der Waals surface area contributed by atoms with E-state index >= 15 is 0 Å². The van der Waals surface area contributed by atoms with Gasteiger partial charge in [0.1, 0.15) is 12.8 Å². The third-order valence-electron chi connectivity index (χ3n) is 3.94. The second kappa shape index (κ2) is 18.9. The molecule has 0 saturated carbocycles. The highest BCUT2D eigenvalue weighted by Gasteiger charge is 2.17. The van der Waals surface area contributed by atoms with Crippen molar-refractivity contribution in [3.8, 4) is 0 Å². The molecule has 0 radical (unpaired) electrons. The average molecular weight is 424 g/mol. The lowest BCUT2D eigenvalue weighted by atomic mass is 10.1. The third kappa shape index (κ3) is 17.4. The van der Waals surface area contributed by atoms with Gasteiger partial charge in [0.15, 0.2) is 5.78 Å². The largest absolute Gasteiger partial charge is 0.377 e. The lowest BCUT2D eigenvalue weighted by Gasteiger charge is -2.18. The highest BCUT2D eigenvalue weighted by atomic mass is 19.1. The second-order valence-corrected chi connectivity index (χ2v) is 6.76. The molecular formula is C20H38FNO7. The molecule has 0 aromatic carbocycles. The zero-order valence-electron chi connectivity index (χ0n) is 18.2. The molecule has 0 heterocycles. The number of carbonyl (C=O) groups excluding carboxylic acids is 2. The van der Waals surface area contributed by atoms with Gasteiger partial charge in [0.2, 0.25) is 5.91 Å². The molecule has 1 N–H and O–H groups in total. The molecule has 8 nitrogen and oxygen atoms in total. The van der Waals surface area contributed by atoms with E-state index in [4.69, 9.17) is 23.7 Å². The zero-order chi connectivity index (χ0) is 21.9. The van der Waals surface area contributed by atoms with Crippen LogP contribution in [0.15, 0.2) is 0 Å². The minimum Gasteiger partial charge on any atom is -0.377 e. The number of alkyl halides is 1. The molecule has 2 unspecified atom stereocenters. The molecule has 0 rings (SSSR count). The summed E-state index contributed by atoms with van der Waals surface area (Å²) in [6, 6.07) is 0. The van der Waals surface area contributed by atoms with Crippen molar-refractivity contribution >= 4 is 11.7 Å². The summed E-state index contributed by atoms with van der Waals surface area (Å²) in [5, 5.41) is 2.50. The van der Waals surface area contributed by atoms with Crippen LogP contribution in [0.5, 0.6) is 0 Å². The van der Waals surface area contributed by atoms with Gasteiger partial charge < -0.3 is 29.0 Å². The van der Waals surface area contributed by atoms with Crippen molar-refractivity contribution < 1.29 is 37.7 Å². The van der Waals surface area contributed by atoms with Gasteiger partial charge >= 0.3 is 0 Å². The van der Waals surface area contributed by atoms with Crippen LogP contribution >= 0.6 is 0 Å². The van der Waals surface area contributed by atoms with Gasteiger partial charge in [-0.25, -0.2) is 4.39 Å². The maximum absolute atomic E-state index is 13.8. The SMILES string of the molecule is CCC(=O)NCC(F)C(C)OCCOCCOCCOCCOCC(=O)C(C)C. The smallest absolute Gasteiger partial charge is 0.219 e. The van der Waals surface area contributed by atoms with Gasteiger partial charge in [0.05, 0.1) is 65.5 Å². The molecule has 0 fully saturated rings. The molecule has 0 aromatic rings. The zero-order valence-corrected chi connectivity index (χ0v) is 18.2. The summed E-state index contributed by atoms with van der Waals surface area (Å²) in [5.74, 6) is -0.111. The van der Waals surface area contributed by atoms with Crippen LogP contribution in [0.3, 0.4) is 0 Å². The van der Waals surface area contributed by atoms with Gasteiger partial charge in [0.25, 0.3) is 0 Å². The van der Waals surface area contributed by atoms with E-state index in [1.165, 1.54) is 0 Å². The summed E-state index contributed by atoms with van der Waals surface area (Å²) >= 11 is 0. The Bertz CT molecular complexity index is 424. The van der Waals surface area contributed by atoms with Crippen molar-refractivity contribution in [1.29, 1.82) is 0 Å². The number of halogens is 1. The molecule has 0 aliphatic heterocycles. The fourth-order valence-electron chi connectivity index (χ4n) is 1.90. The quantitative estimate of drug-likeness (QED) is 0.297. The maximum atomic E-state index is 13.8. The monoisotopic (exact) mass is 423 g/mol. The Morgan fingerprint density at radius 3 is 1.79 bits per heavy atom. The molecule has 1 amide bonds. The van der Waals surface area contributed by atoms with E-state index in [9.17, 15) is 14.0 Å². The fraction of sp³-hybridized carbons (Fsp3) is 0.900. The van der Waals surface area contributed by atoms with Crippen LogP contribution in [0.1, 0.15) is 34.1 Å². The average Bonchev–Trinajstić information content (AvgIpc) is 2.71. The minimum atomic E-state index is -1.25. The van der Waals surface area contributed by atoms with Crippen LogP contribution in [0, 0.1) is 5.92 Å². The van der Waals surface area contributed by atoms with Crippen molar-refractivity contribution in [2.24, 2.45) is 5.92 Å². The highest BCUT2D eigenvalue weighted by Crippen LogP contribution is 2.02. The summed E-state index contributed by atoms with van der Waals surface area (Å²) in [4.78, 5) is 22.4. The Morgan fingerprint density at radius 2 is 1.31 bits per heavy atom. The standard InChI is InChI=1S/C20H38FNO7/c1-5-20(24)22-14-18(21)17(4)29-13-12-27-9-8-25-6-7-26-10-11-28-15-19(23)16(2)3/h16-18H,5-15H2,1-4H3,(H,22,24). The maximum Gasteiger partial charge on any atom is 0.219 e. The van der Waals surface area contributed by atoms with Crippen LogP contribution < -0.4 is 5.32 Å². The Morgan fingerprint density at radius 1 is 0.828 bits per heavy atom.